The van der Waals surface area contributed by atoms with Crippen LogP contribution in [-0.2, 0) is 4.57 Å². The topological polar surface area (TPSA) is 86.2 Å². The van der Waals surface area contributed by atoms with Gasteiger partial charge in [0.2, 0.25) is 0 Å². The highest BCUT2D eigenvalue weighted by atomic mass is 31.2. The van der Waals surface area contributed by atoms with Crippen LogP contribution >= 0.6 is 7.82 Å². The first-order chi connectivity index (χ1) is 4.56. The van der Waals surface area contributed by atoms with Gasteiger partial charge in [-0.1, -0.05) is 0 Å². The van der Waals surface area contributed by atoms with Crippen LogP contribution < -0.4 is 14.7 Å². The third kappa shape index (κ3) is 69.6. The molecule has 0 aromatic carbocycles. The molecule has 0 unspecified atom stereocenters. The number of hydrogen-bond donors (Lipinski definition) is 0. The summed E-state index contributed by atoms with van der Waals surface area (Å²) in [6.07, 6.45) is 0. The summed E-state index contributed by atoms with van der Waals surface area (Å²) >= 11 is 0. The lowest BCUT2D eigenvalue weighted by atomic mass is 10.6. The smallest absolute Gasteiger partial charge is 0.822 e. The number of nitrogens with zero attached hydrogens (tertiary/aromatic N) is 1. The number of rotatable bonds is 1. The van der Waals surface area contributed by atoms with E-state index in [2.05, 4.69) is 28.1 Å². The van der Waals surface area contributed by atoms with E-state index in [0.29, 0.717) is 0 Å². The van der Waals surface area contributed by atoms with E-state index in [0.717, 1.165) is 4.48 Å². The SMILES string of the molecule is CC[N+](C)(C)C.O=P([O-])([O-])[O-].[H+].[H+]. The van der Waals surface area contributed by atoms with E-state index < -0.39 is 7.82 Å². The molecule has 0 rings (SSSR count). The molecule has 0 atom stereocenters. The zero-order valence-corrected chi connectivity index (χ0v) is 8.13. The monoisotopic (exact) mass is 185 g/mol. The lowest BCUT2D eigenvalue weighted by molar-refractivity contribution is -0.868. The van der Waals surface area contributed by atoms with E-state index in [4.69, 9.17) is 19.2 Å². The maximum atomic E-state index is 8.55. The predicted octanol–water partition coefficient (Wildman–Crippen LogP) is -1.89. The fraction of sp³-hybridized carbons (Fsp3) is 1.00. The molecule has 0 fully saturated rings. The first kappa shape index (κ1) is 13.6. The predicted molar refractivity (Wildman–Crippen MR) is 38.4 cm³/mol. The first-order valence-corrected chi connectivity index (χ1v) is 4.56. The number of hydrogen-bond acceptors (Lipinski definition) is 4. The summed E-state index contributed by atoms with van der Waals surface area (Å²) in [6, 6.07) is 0. The number of phosphoric acid groups is 1. The van der Waals surface area contributed by atoms with Crippen LogP contribution in [0.5, 0.6) is 0 Å². The van der Waals surface area contributed by atoms with Gasteiger partial charge in [-0.3, -0.25) is 0 Å². The molecule has 0 amide bonds. The van der Waals surface area contributed by atoms with E-state index in [1.807, 2.05) is 0 Å². The Balaban J connectivity index is -0.0000000546. The molecule has 0 aromatic rings. The van der Waals surface area contributed by atoms with Gasteiger partial charge in [-0.15, -0.1) is 0 Å². The van der Waals surface area contributed by atoms with Crippen LogP contribution in [0.25, 0.3) is 0 Å². The Morgan fingerprint density at radius 3 is 1.36 bits per heavy atom. The minimum Gasteiger partial charge on any atom is -0.822 e. The summed E-state index contributed by atoms with van der Waals surface area (Å²) in [5.41, 5.74) is 0. The molecule has 0 heterocycles. The highest BCUT2D eigenvalue weighted by molar-refractivity contribution is 7.40. The largest absolute Gasteiger partial charge is 1.00 e. The average molecular weight is 185 g/mol. The Labute approximate surface area is 70.1 Å². The van der Waals surface area contributed by atoms with Gasteiger partial charge in [0, 0.05) is 0 Å². The van der Waals surface area contributed by atoms with Gasteiger partial charge in [0.15, 0.2) is 0 Å². The van der Waals surface area contributed by atoms with Gasteiger partial charge in [-0.25, -0.2) is 0 Å². The van der Waals surface area contributed by atoms with Gasteiger partial charge in [0.25, 0.3) is 0 Å². The average Bonchev–Trinajstić information content (AvgIpc) is 1.59. The lowest BCUT2D eigenvalue weighted by Gasteiger charge is -2.36. The van der Waals surface area contributed by atoms with E-state index in [1.165, 1.54) is 6.54 Å². The molecule has 0 saturated carbocycles. The van der Waals surface area contributed by atoms with Crippen LogP contribution in [0, 0.1) is 0 Å². The minimum absolute atomic E-state index is 0. The third-order valence-electron chi connectivity index (χ3n) is 0.949. The Hall–Kier alpha value is 0.0700. The van der Waals surface area contributed by atoms with Crippen LogP contribution in [0.3, 0.4) is 0 Å². The zero-order valence-electron chi connectivity index (χ0n) is 9.23. The summed E-state index contributed by atoms with van der Waals surface area (Å²) in [5, 5.41) is 0. The quantitative estimate of drug-likeness (QED) is 0.353. The van der Waals surface area contributed by atoms with Gasteiger partial charge >= 0.3 is 2.85 Å². The summed E-state index contributed by atoms with van der Waals surface area (Å²) < 4.78 is 9.62. The Bertz CT molecular complexity index is 136. The van der Waals surface area contributed by atoms with Crippen LogP contribution in [0.4, 0.5) is 0 Å². The summed E-state index contributed by atoms with van der Waals surface area (Å²) in [6.45, 7) is 3.39. The van der Waals surface area contributed by atoms with Crippen molar-refractivity contribution >= 4 is 7.82 Å². The van der Waals surface area contributed by atoms with Crippen molar-refractivity contribution in [2.75, 3.05) is 27.7 Å². The summed E-state index contributed by atoms with van der Waals surface area (Å²) in [4.78, 5) is 25.6. The highest BCUT2D eigenvalue weighted by Gasteiger charge is 1.97. The molecule has 5 nitrogen and oxygen atoms in total. The van der Waals surface area contributed by atoms with Crippen molar-refractivity contribution in [3.63, 3.8) is 0 Å². The molecule has 0 spiro atoms. The molecule has 0 saturated heterocycles. The minimum atomic E-state index is -5.39. The van der Waals surface area contributed by atoms with E-state index >= 15 is 0 Å². The van der Waals surface area contributed by atoms with Gasteiger partial charge in [-0.2, -0.15) is 7.82 Å². The van der Waals surface area contributed by atoms with Gasteiger partial charge in [0.05, 0.1) is 27.7 Å². The van der Waals surface area contributed by atoms with Crippen molar-refractivity contribution in [2.24, 2.45) is 0 Å². The molecule has 0 radical (unpaired) electrons. The van der Waals surface area contributed by atoms with Crippen molar-refractivity contribution < 1.29 is 26.6 Å². The maximum absolute atomic E-state index is 8.55. The van der Waals surface area contributed by atoms with Crippen LogP contribution in [0.1, 0.15) is 9.78 Å². The fourth-order valence-corrected chi connectivity index (χ4v) is 0. The van der Waals surface area contributed by atoms with Crippen LogP contribution in [0.2, 0.25) is 0 Å². The van der Waals surface area contributed by atoms with Gasteiger partial charge in [-0.05, 0) is 6.92 Å². The second-order valence-electron chi connectivity index (χ2n) is 3.05. The van der Waals surface area contributed by atoms with Crippen molar-refractivity contribution in [1.82, 2.24) is 0 Å². The molecule has 0 N–H and O–H groups in total. The number of quaternary nitrogens is 1. The summed E-state index contributed by atoms with van der Waals surface area (Å²) in [5.74, 6) is 0. The van der Waals surface area contributed by atoms with Crippen molar-refractivity contribution in [3.05, 3.63) is 0 Å². The van der Waals surface area contributed by atoms with Crippen molar-refractivity contribution in [3.8, 4) is 0 Å². The molecular formula is C5H16NO4P. The zero-order chi connectivity index (χ0) is 9.71. The first-order valence-electron chi connectivity index (χ1n) is 3.10. The van der Waals surface area contributed by atoms with Crippen molar-refractivity contribution in [1.29, 1.82) is 0 Å². The maximum Gasteiger partial charge on any atom is 1.00 e. The summed E-state index contributed by atoms with van der Waals surface area (Å²) in [7, 11) is 1.15. The fourth-order valence-electron chi connectivity index (χ4n) is 0. The molecular weight excluding hydrogens is 169 g/mol. The molecule has 0 aliphatic carbocycles. The lowest BCUT2D eigenvalue weighted by Crippen LogP contribution is -2.33. The van der Waals surface area contributed by atoms with E-state index in [-0.39, 0.29) is 2.85 Å². The molecule has 0 aromatic heterocycles. The van der Waals surface area contributed by atoms with Gasteiger partial charge in [0.1, 0.15) is 0 Å². The Morgan fingerprint density at radius 2 is 1.36 bits per heavy atom. The van der Waals surface area contributed by atoms with E-state index in [1.54, 1.807) is 0 Å². The standard InChI is InChI=1S/C5H14N.H3O4P/c1-5-6(2,3)4;1-5(2,3)4/h5H2,1-4H3;(H3,1,2,3,4)/q+1;/p-1. The molecule has 6 heteroatoms. The molecule has 0 aliphatic rings. The van der Waals surface area contributed by atoms with Gasteiger partial charge < -0.3 is 23.7 Å². The molecule has 0 bridgehead atoms. The molecule has 0 aliphatic heterocycles. The molecule has 70 valence electrons. The molecule has 11 heavy (non-hydrogen) atoms. The van der Waals surface area contributed by atoms with E-state index in [9.17, 15) is 0 Å². The Kier molecular flexibility index (Phi) is 6.02. The normalized spacial score (nSPS) is 11.9. The highest BCUT2D eigenvalue weighted by Crippen LogP contribution is 2.03. The third-order valence-corrected chi connectivity index (χ3v) is 0.949. The van der Waals surface area contributed by atoms with Crippen LogP contribution in [0.15, 0.2) is 0 Å². The van der Waals surface area contributed by atoms with Crippen LogP contribution in [-0.4, -0.2) is 32.2 Å². The second-order valence-corrected chi connectivity index (χ2v) is 3.95. The Morgan fingerprint density at radius 1 is 1.27 bits per heavy atom. The second kappa shape index (κ2) is 4.85. The van der Waals surface area contributed by atoms with Crippen molar-refractivity contribution in [2.45, 2.75) is 6.92 Å².